The van der Waals surface area contributed by atoms with Crippen molar-refractivity contribution in [2.24, 2.45) is 0 Å². The van der Waals surface area contributed by atoms with E-state index in [2.05, 4.69) is 15.9 Å². The molecule has 3 rings (SSSR count). The third kappa shape index (κ3) is 1.99. The molecule has 0 aliphatic carbocycles. The van der Waals surface area contributed by atoms with Crippen molar-refractivity contribution < 1.29 is 4.39 Å². The van der Waals surface area contributed by atoms with Crippen LogP contribution >= 0.6 is 0 Å². The van der Waals surface area contributed by atoms with E-state index in [0.29, 0.717) is 0 Å². The zero-order valence-electron chi connectivity index (χ0n) is 10.2. The summed E-state index contributed by atoms with van der Waals surface area (Å²) in [5.41, 5.74) is 1.94. The van der Waals surface area contributed by atoms with Gasteiger partial charge in [0.05, 0.1) is 11.4 Å². The van der Waals surface area contributed by atoms with Crippen molar-refractivity contribution in [1.82, 2.24) is 0 Å². The summed E-state index contributed by atoms with van der Waals surface area (Å²) in [6.45, 7) is 4.15. The van der Waals surface area contributed by atoms with Crippen LogP contribution in [0.1, 0.15) is 25.7 Å². The molecule has 0 atom stereocenters. The maximum absolute atomic E-state index is 14.1. The van der Waals surface area contributed by atoms with Gasteiger partial charge < -0.3 is 9.80 Å². The van der Waals surface area contributed by atoms with Gasteiger partial charge in [0.25, 0.3) is 0 Å². The molecule has 2 aliphatic rings. The minimum Gasteiger partial charge on any atom is -0.370 e. The Balaban J connectivity index is 1.98. The van der Waals surface area contributed by atoms with Crippen LogP contribution < -0.4 is 9.80 Å². The highest BCUT2D eigenvalue weighted by Crippen LogP contribution is 2.35. The maximum atomic E-state index is 14.1. The molecule has 0 saturated carbocycles. The number of anilines is 2. The van der Waals surface area contributed by atoms with Crippen molar-refractivity contribution in [3.63, 3.8) is 0 Å². The third-order valence-corrected chi connectivity index (χ3v) is 3.83. The van der Waals surface area contributed by atoms with E-state index < -0.39 is 0 Å². The molecule has 17 heavy (non-hydrogen) atoms. The van der Waals surface area contributed by atoms with Crippen LogP contribution in [0, 0.1) is 5.82 Å². The minimum atomic E-state index is -0.0590. The van der Waals surface area contributed by atoms with E-state index in [-0.39, 0.29) is 5.82 Å². The number of hydrogen-bond acceptors (Lipinski definition) is 2. The first-order valence-corrected chi connectivity index (χ1v) is 6.65. The average molecular weight is 234 g/mol. The Morgan fingerprint density at radius 2 is 1.41 bits per heavy atom. The van der Waals surface area contributed by atoms with E-state index in [1.165, 1.54) is 25.7 Å². The van der Waals surface area contributed by atoms with E-state index in [1.807, 2.05) is 6.07 Å². The van der Waals surface area contributed by atoms with Crippen LogP contribution in [0.2, 0.25) is 0 Å². The van der Waals surface area contributed by atoms with Crippen molar-refractivity contribution in [2.45, 2.75) is 25.7 Å². The van der Waals surface area contributed by atoms with Crippen LogP contribution in [0.3, 0.4) is 0 Å². The zero-order valence-corrected chi connectivity index (χ0v) is 10.2. The smallest absolute Gasteiger partial charge is 0.148 e. The number of hydrogen-bond donors (Lipinski definition) is 0. The molecule has 92 valence electrons. The lowest BCUT2D eigenvalue weighted by molar-refractivity contribution is 0.622. The predicted molar refractivity (Wildman–Crippen MR) is 69.3 cm³/mol. The second-order valence-electron chi connectivity index (χ2n) is 5.00. The number of nitrogens with zero attached hydrogens (tertiary/aromatic N) is 2. The first-order chi connectivity index (χ1) is 8.36. The van der Waals surface area contributed by atoms with Crippen molar-refractivity contribution in [3.8, 4) is 0 Å². The summed E-state index contributed by atoms with van der Waals surface area (Å²) < 4.78 is 14.1. The molecule has 0 spiro atoms. The summed E-state index contributed by atoms with van der Waals surface area (Å²) in [7, 11) is 0. The summed E-state index contributed by atoms with van der Waals surface area (Å²) in [6, 6.07) is 5.50. The van der Waals surface area contributed by atoms with Gasteiger partial charge in [-0.25, -0.2) is 4.39 Å². The highest BCUT2D eigenvalue weighted by molar-refractivity contribution is 5.72. The molecule has 0 unspecified atom stereocenters. The summed E-state index contributed by atoms with van der Waals surface area (Å²) in [5, 5.41) is 0. The average Bonchev–Trinajstić information content (AvgIpc) is 3.02. The summed E-state index contributed by atoms with van der Waals surface area (Å²) in [6.07, 6.45) is 4.84. The van der Waals surface area contributed by atoms with E-state index >= 15 is 0 Å². The fraction of sp³-hybridized carbons (Fsp3) is 0.571. The topological polar surface area (TPSA) is 6.48 Å². The van der Waals surface area contributed by atoms with Gasteiger partial charge in [0.1, 0.15) is 5.82 Å². The second kappa shape index (κ2) is 4.55. The van der Waals surface area contributed by atoms with Gasteiger partial charge in [-0.15, -0.1) is 0 Å². The molecule has 0 amide bonds. The van der Waals surface area contributed by atoms with Crippen LogP contribution in [0.25, 0.3) is 0 Å². The van der Waals surface area contributed by atoms with Gasteiger partial charge >= 0.3 is 0 Å². The first-order valence-electron chi connectivity index (χ1n) is 6.65. The van der Waals surface area contributed by atoms with Crippen LogP contribution in [0.4, 0.5) is 15.8 Å². The lowest BCUT2D eigenvalue weighted by Gasteiger charge is -2.27. The molecular weight excluding hydrogens is 215 g/mol. The third-order valence-electron chi connectivity index (χ3n) is 3.83. The fourth-order valence-electron chi connectivity index (χ4n) is 2.97. The largest absolute Gasteiger partial charge is 0.370 e. The van der Waals surface area contributed by atoms with Crippen molar-refractivity contribution >= 4 is 11.4 Å². The normalized spacial score (nSPS) is 20.3. The van der Waals surface area contributed by atoms with Gasteiger partial charge in [-0.3, -0.25) is 0 Å². The molecular formula is C14H19FN2. The molecule has 0 bridgehead atoms. The summed E-state index contributed by atoms with van der Waals surface area (Å²) >= 11 is 0. The Labute approximate surface area is 102 Å². The van der Waals surface area contributed by atoms with E-state index in [9.17, 15) is 4.39 Å². The zero-order chi connectivity index (χ0) is 11.7. The molecule has 2 heterocycles. The predicted octanol–water partition coefficient (Wildman–Crippen LogP) is 3.03. The highest BCUT2D eigenvalue weighted by Gasteiger charge is 2.23. The Hall–Kier alpha value is -1.25. The monoisotopic (exact) mass is 234 g/mol. The molecule has 2 aliphatic heterocycles. The molecule has 0 aromatic heterocycles. The van der Waals surface area contributed by atoms with Gasteiger partial charge in [-0.1, -0.05) is 6.07 Å². The van der Waals surface area contributed by atoms with Crippen LogP contribution in [0.15, 0.2) is 18.2 Å². The van der Waals surface area contributed by atoms with Crippen molar-refractivity contribution in [3.05, 3.63) is 24.0 Å². The standard InChI is InChI=1S/C14H19FN2/c15-12-6-5-7-13(16-8-1-2-9-16)14(12)17-10-3-4-11-17/h5-7H,1-4,8-11H2. The van der Waals surface area contributed by atoms with Crippen molar-refractivity contribution in [1.29, 1.82) is 0 Å². The molecule has 2 saturated heterocycles. The van der Waals surface area contributed by atoms with Crippen LogP contribution in [-0.4, -0.2) is 26.2 Å². The van der Waals surface area contributed by atoms with E-state index in [1.54, 1.807) is 6.07 Å². The molecule has 2 fully saturated rings. The second-order valence-corrected chi connectivity index (χ2v) is 5.00. The number of halogens is 1. The Kier molecular flexibility index (Phi) is 2.91. The van der Waals surface area contributed by atoms with Crippen molar-refractivity contribution in [2.75, 3.05) is 36.0 Å². The van der Waals surface area contributed by atoms with Gasteiger partial charge in [-0.2, -0.15) is 0 Å². The number of rotatable bonds is 2. The molecule has 0 radical (unpaired) electrons. The van der Waals surface area contributed by atoms with Gasteiger partial charge in [0.2, 0.25) is 0 Å². The number of benzene rings is 1. The Morgan fingerprint density at radius 1 is 0.824 bits per heavy atom. The Morgan fingerprint density at radius 3 is 2.06 bits per heavy atom. The quantitative estimate of drug-likeness (QED) is 0.776. The first kappa shape index (κ1) is 10.9. The Bertz CT molecular complexity index is 393. The van der Waals surface area contributed by atoms with Gasteiger partial charge in [-0.05, 0) is 37.8 Å². The fourth-order valence-corrected chi connectivity index (χ4v) is 2.97. The minimum absolute atomic E-state index is 0.0590. The van der Waals surface area contributed by atoms with Crippen LogP contribution in [-0.2, 0) is 0 Å². The van der Waals surface area contributed by atoms with Gasteiger partial charge in [0, 0.05) is 26.2 Å². The SMILES string of the molecule is Fc1cccc(N2CCCC2)c1N1CCCC1. The molecule has 1 aromatic rings. The highest BCUT2D eigenvalue weighted by atomic mass is 19.1. The molecule has 3 heteroatoms. The summed E-state index contributed by atoms with van der Waals surface area (Å²) in [5.74, 6) is -0.0590. The lowest BCUT2D eigenvalue weighted by Crippen LogP contribution is -2.25. The van der Waals surface area contributed by atoms with Crippen LogP contribution in [0.5, 0.6) is 0 Å². The summed E-state index contributed by atoms with van der Waals surface area (Å²) in [4.78, 5) is 4.54. The van der Waals surface area contributed by atoms with Gasteiger partial charge in [0.15, 0.2) is 0 Å². The molecule has 0 N–H and O–H groups in total. The molecule has 1 aromatic carbocycles. The lowest BCUT2D eigenvalue weighted by atomic mass is 10.2. The van der Waals surface area contributed by atoms with E-state index in [4.69, 9.17) is 0 Å². The van der Waals surface area contributed by atoms with E-state index in [0.717, 1.165) is 37.6 Å². The molecule has 2 nitrogen and oxygen atoms in total. The maximum Gasteiger partial charge on any atom is 0.148 e. The number of para-hydroxylation sites is 1.